The summed E-state index contributed by atoms with van der Waals surface area (Å²) in [6.07, 6.45) is 4.19. The van der Waals surface area contributed by atoms with Gasteiger partial charge in [0.05, 0.1) is 6.61 Å². The average Bonchev–Trinajstić information content (AvgIpc) is 2.89. The molecule has 1 heterocycles. The van der Waals surface area contributed by atoms with Crippen LogP contribution in [0, 0.1) is 0 Å². The number of aromatic amines is 1. The highest BCUT2D eigenvalue weighted by Crippen LogP contribution is 2.48. The summed E-state index contributed by atoms with van der Waals surface area (Å²) >= 11 is 0. The molecule has 72 valence electrons. The highest BCUT2D eigenvalue weighted by molar-refractivity contribution is 5.80. The van der Waals surface area contributed by atoms with Crippen LogP contribution in [0.2, 0.25) is 0 Å². The highest BCUT2D eigenvalue weighted by Gasteiger charge is 2.43. The lowest BCUT2D eigenvalue weighted by Gasteiger charge is -2.11. The SMILES string of the molecule is OCC1(c2ccc3cc[nH]c3c2)CC1. The maximum absolute atomic E-state index is 9.32. The van der Waals surface area contributed by atoms with E-state index in [9.17, 15) is 5.11 Å². The summed E-state index contributed by atoms with van der Waals surface area (Å²) < 4.78 is 0. The molecule has 2 N–H and O–H groups in total. The molecule has 2 nitrogen and oxygen atoms in total. The lowest BCUT2D eigenvalue weighted by molar-refractivity contribution is 0.255. The van der Waals surface area contributed by atoms with Gasteiger partial charge in [0.2, 0.25) is 0 Å². The summed E-state index contributed by atoms with van der Waals surface area (Å²) in [5, 5.41) is 10.6. The molecule has 0 spiro atoms. The van der Waals surface area contributed by atoms with Crippen LogP contribution in [0.4, 0.5) is 0 Å². The Morgan fingerprint density at radius 1 is 1.29 bits per heavy atom. The van der Waals surface area contributed by atoms with Gasteiger partial charge in [0.15, 0.2) is 0 Å². The summed E-state index contributed by atoms with van der Waals surface area (Å²) in [5.74, 6) is 0. The van der Waals surface area contributed by atoms with Gasteiger partial charge in [-0.25, -0.2) is 0 Å². The third kappa shape index (κ3) is 1.01. The molecule has 2 aromatic rings. The molecule has 1 aliphatic rings. The van der Waals surface area contributed by atoms with E-state index in [0.29, 0.717) is 0 Å². The van der Waals surface area contributed by atoms with Crippen molar-refractivity contribution in [3.8, 4) is 0 Å². The molecule has 3 rings (SSSR count). The van der Waals surface area contributed by atoms with Crippen LogP contribution < -0.4 is 0 Å². The maximum atomic E-state index is 9.32. The summed E-state index contributed by atoms with van der Waals surface area (Å²) in [6, 6.07) is 8.49. The lowest BCUT2D eigenvalue weighted by atomic mass is 9.96. The van der Waals surface area contributed by atoms with Crippen LogP contribution in [0.3, 0.4) is 0 Å². The van der Waals surface area contributed by atoms with E-state index < -0.39 is 0 Å². The summed E-state index contributed by atoms with van der Waals surface area (Å²) in [7, 11) is 0. The van der Waals surface area contributed by atoms with Gasteiger partial charge < -0.3 is 10.1 Å². The second-order valence-corrected chi connectivity index (χ2v) is 4.22. The van der Waals surface area contributed by atoms with Gasteiger partial charge in [0, 0.05) is 17.1 Å². The van der Waals surface area contributed by atoms with Crippen LogP contribution in [-0.4, -0.2) is 16.7 Å². The van der Waals surface area contributed by atoms with Gasteiger partial charge in [0.1, 0.15) is 0 Å². The topological polar surface area (TPSA) is 36.0 Å². The molecule has 0 aliphatic heterocycles. The van der Waals surface area contributed by atoms with E-state index in [1.807, 2.05) is 6.20 Å². The Morgan fingerprint density at radius 3 is 2.86 bits per heavy atom. The van der Waals surface area contributed by atoms with Gasteiger partial charge in [-0.05, 0) is 35.9 Å². The zero-order chi connectivity index (χ0) is 9.60. The van der Waals surface area contributed by atoms with Crippen LogP contribution in [0.25, 0.3) is 10.9 Å². The standard InChI is InChI=1S/C12H13NO/c14-8-12(4-5-12)10-2-1-9-3-6-13-11(9)7-10/h1-3,6-7,13-14H,4-5,8H2. The van der Waals surface area contributed by atoms with Crippen molar-refractivity contribution in [1.82, 2.24) is 4.98 Å². The van der Waals surface area contributed by atoms with Crippen LogP contribution in [-0.2, 0) is 5.41 Å². The Labute approximate surface area is 82.6 Å². The predicted molar refractivity (Wildman–Crippen MR) is 56.3 cm³/mol. The first-order valence-corrected chi connectivity index (χ1v) is 5.03. The minimum atomic E-state index is 0.0826. The Bertz CT molecular complexity index is 468. The number of aromatic nitrogens is 1. The second-order valence-electron chi connectivity index (χ2n) is 4.22. The first kappa shape index (κ1) is 8.06. The molecule has 2 heteroatoms. The molecule has 0 saturated heterocycles. The van der Waals surface area contributed by atoms with Crippen molar-refractivity contribution in [3.63, 3.8) is 0 Å². The maximum Gasteiger partial charge on any atom is 0.0527 e. The van der Waals surface area contributed by atoms with Gasteiger partial charge in [-0.2, -0.15) is 0 Å². The van der Waals surface area contributed by atoms with E-state index in [1.165, 1.54) is 16.5 Å². The quantitative estimate of drug-likeness (QED) is 0.742. The average molecular weight is 187 g/mol. The van der Waals surface area contributed by atoms with Gasteiger partial charge in [0.25, 0.3) is 0 Å². The smallest absolute Gasteiger partial charge is 0.0527 e. The number of aliphatic hydroxyl groups is 1. The minimum Gasteiger partial charge on any atom is -0.395 e. The molecule has 14 heavy (non-hydrogen) atoms. The zero-order valence-electron chi connectivity index (χ0n) is 7.96. The molecule has 1 fully saturated rings. The Balaban J connectivity index is 2.13. The van der Waals surface area contributed by atoms with Crippen LogP contribution in [0.15, 0.2) is 30.5 Å². The molecule has 1 aromatic heterocycles. The Hall–Kier alpha value is -1.28. The fourth-order valence-electron chi connectivity index (χ4n) is 2.07. The molecule has 0 amide bonds. The Kier molecular flexibility index (Phi) is 1.50. The highest BCUT2D eigenvalue weighted by atomic mass is 16.3. The van der Waals surface area contributed by atoms with Crippen LogP contribution >= 0.6 is 0 Å². The number of fused-ring (bicyclic) bond motifs is 1. The first-order valence-electron chi connectivity index (χ1n) is 5.03. The van der Waals surface area contributed by atoms with Gasteiger partial charge in [-0.1, -0.05) is 12.1 Å². The molecule has 1 aromatic carbocycles. The first-order chi connectivity index (χ1) is 6.84. The molecule has 0 radical (unpaired) electrons. The molecule has 0 bridgehead atoms. The van der Waals surface area contributed by atoms with Gasteiger partial charge >= 0.3 is 0 Å². The number of H-pyrrole nitrogens is 1. The fraction of sp³-hybridized carbons (Fsp3) is 0.333. The lowest BCUT2D eigenvalue weighted by Crippen LogP contribution is -2.11. The van der Waals surface area contributed by atoms with Gasteiger partial charge in [-0.15, -0.1) is 0 Å². The van der Waals surface area contributed by atoms with E-state index in [0.717, 1.165) is 12.8 Å². The molecule has 0 unspecified atom stereocenters. The molecule has 1 saturated carbocycles. The van der Waals surface area contributed by atoms with Crippen molar-refractivity contribution >= 4 is 10.9 Å². The number of rotatable bonds is 2. The monoisotopic (exact) mass is 187 g/mol. The largest absolute Gasteiger partial charge is 0.395 e. The van der Waals surface area contributed by atoms with E-state index in [-0.39, 0.29) is 12.0 Å². The van der Waals surface area contributed by atoms with E-state index in [2.05, 4.69) is 29.2 Å². The summed E-state index contributed by atoms with van der Waals surface area (Å²) in [5.41, 5.74) is 2.52. The molecule has 0 atom stereocenters. The number of nitrogens with one attached hydrogen (secondary N) is 1. The fourth-order valence-corrected chi connectivity index (χ4v) is 2.07. The zero-order valence-corrected chi connectivity index (χ0v) is 7.96. The van der Waals surface area contributed by atoms with Crippen molar-refractivity contribution in [1.29, 1.82) is 0 Å². The number of hydrogen-bond acceptors (Lipinski definition) is 1. The Morgan fingerprint density at radius 2 is 2.14 bits per heavy atom. The third-order valence-corrected chi connectivity index (χ3v) is 3.32. The summed E-state index contributed by atoms with van der Waals surface area (Å²) in [4.78, 5) is 3.20. The summed E-state index contributed by atoms with van der Waals surface area (Å²) in [6.45, 7) is 0.277. The van der Waals surface area contributed by atoms with Crippen molar-refractivity contribution in [3.05, 3.63) is 36.0 Å². The second kappa shape index (κ2) is 2.61. The van der Waals surface area contributed by atoms with E-state index in [1.54, 1.807) is 0 Å². The van der Waals surface area contributed by atoms with Gasteiger partial charge in [-0.3, -0.25) is 0 Å². The number of aliphatic hydroxyl groups excluding tert-OH is 1. The number of hydrogen-bond donors (Lipinski definition) is 2. The number of benzene rings is 1. The van der Waals surface area contributed by atoms with Crippen LogP contribution in [0.5, 0.6) is 0 Å². The predicted octanol–water partition coefficient (Wildman–Crippen LogP) is 2.19. The minimum absolute atomic E-state index is 0.0826. The van der Waals surface area contributed by atoms with E-state index in [4.69, 9.17) is 0 Å². The molecule has 1 aliphatic carbocycles. The molecular formula is C12H13NO. The normalized spacial score (nSPS) is 18.6. The van der Waals surface area contributed by atoms with Crippen LogP contribution in [0.1, 0.15) is 18.4 Å². The third-order valence-electron chi connectivity index (χ3n) is 3.32. The van der Waals surface area contributed by atoms with Crippen molar-refractivity contribution in [2.75, 3.05) is 6.61 Å². The van der Waals surface area contributed by atoms with Crippen molar-refractivity contribution < 1.29 is 5.11 Å². The van der Waals surface area contributed by atoms with Crippen molar-refractivity contribution in [2.45, 2.75) is 18.3 Å². The molecular weight excluding hydrogens is 174 g/mol. The van der Waals surface area contributed by atoms with Crippen molar-refractivity contribution in [2.24, 2.45) is 0 Å². The van der Waals surface area contributed by atoms with E-state index >= 15 is 0 Å².